The molecule has 1 saturated heterocycles. The fourth-order valence-corrected chi connectivity index (χ4v) is 4.58. The average Bonchev–Trinajstić information content (AvgIpc) is 3.30. The van der Waals surface area contributed by atoms with Gasteiger partial charge in [-0.05, 0) is 38.0 Å². The molecular weight excluding hydrogens is 435 g/mol. The summed E-state index contributed by atoms with van der Waals surface area (Å²) in [6.45, 7) is 3.14. The highest BCUT2D eigenvalue weighted by Crippen LogP contribution is 2.24. The zero-order valence-electron chi connectivity index (χ0n) is 15.8. The Kier molecular flexibility index (Phi) is 7.16. The fraction of sp³-hybridized carbons (Fsp3) is 0.350. The van der Waals surface area contributed by atoms with E-state index in [0.29, 0.717) is 37.9 Å². The minimum absolute atomic E-state index is 0.134. The highest BCUT2D eigenvalue weighted by atomic mass is 35.5. The Morgan fingerprint density at radius 2 is 1.86 bits per heavy atom. The van der Waals surface area contributed by atoms with Gasteiger partial charge in [0.2, 0.25) is 5.91 Å². The molecule has 154 valence electrons. The van der Waals surface area contributed by atoms with Gasteiger partial charge in [-0.25, -0.2) is 4.79 Å². The van der Waals surface area contributed by atoms with Crippen LogP contribution in [-0.4, -0.2) is 41.0 Å². The van der Waals surface area contributed by atoms with Gasteiger partial charge in [0.1, 0.15) is 11.2 Å². The first-order chi connectivity index (χ1) is 13.9. The summed E-state index contributed by atoms with van der Waals surface area (Å²) in [4.78, 5) is 39.3. The predicted molar refractivity (Wildman–Crippen MR) is 115 cm³/mol. The summed E-state index contributed by atoms with van der Waals surface area (Å²) >= 11 is 13.5. The number of likely N-dealkylation sites (tertiary alicyclic amines) is 1. The molecule has 3 rings (SSSR count). The lowest BCUT2D eigenvalue weighted by Crippen LogP contribution is -2.39. The van der Waals surface area contributed by atoms with Crippen LogP contribution in [0.1, 0.15) is 25.3 Å². The number of carbonyl (C=O) groups excluding carboxylic acids is 2. The van der Waals surface area contributed by atoms with Crippen molar-refractivity contribution >= 4 is 58.6 Å². The van der Waals surface area contributed by atoms with Gasteiger partial charge >= 0.3 is 5.97 Å². The highest BCUT2D eigenvalue weighted by Gasteiger charge is 2.20. The average molecular weight is 455 g/mol. The van der Waals surface area contributed by atoms with Crippen molar-refractivity contribution in [3.05, 3.63) is 53.4 Å². The molecule has 0 unspecified atom stereocenters. The Morgan fingerprint density at radius 1 is 1.21 bits per heavy atom. The molecule has 1 aliphatic heterocycles. The van der Waals surface area contributed by atoms with Crippen LogP contribution in [0.2, 0.25) is 10.0 Å². The standard InChI is InChI=1S/C20H20Cl2N2O4S/c1-2-28-19(26)11-18-24(12-17(25)23-8-3-4-9-23)20(27)16(29-18)10-13-14(21)6-5-7-15(13)22/h5-7,10-11H,2-4,8-9,12H2,1H3/b16-10-,18-11+. The van der Waals surface area contributed by atoms with E-state index in [9.17, 15) is 14.4 Å². The van der Waals surface area contributed by atoms with Gasteiger partial charge in [-0.15, -0.1) is 11.3 Å². The van der Waals surface area contributed by atoms with E-state index in [1.807, 2.05) is 0 Å². The molecule has 0 N–H and O–H groups in total. The zero-order chi connectivity index (χ0) is 21.0. The maximum absolute atomic E-state index is 13.0. The molecule has 6 nitrogen and oxygen atoms in total. The third-order valence-corrected chi connectivity index (χ3v) is 6.21. The zero-order valence-corrected chi connectivity index (χ0v) is 18.1. The molecular formula is C20H20Cl2N2O4S. The first-order valence-electron chi connectivity index (χ1n) is 9.22. The topological polar surface area (TPSA) is 68.6 Å². The summed E-state index contributed by atoms with van der Waals surface area (Å²) in [6, 6.07) is 5.06. The molecule has 9 heteroatoms. The molecule has 0 atom stereocenters. The number of aromatic nitrogens is 1. The fourth-order valence-electron chi connectivity index (χ4n) is 3.06. The second-order valence-corrected chi connectivity index (χ2v) is 8.34. The molecule has 29 heavy (non-hydrogen) atoms. The maximum atomic E-state index is 13.0. The van der Waals surface area contributed by atoms with Crippen LogP contribution in [-0.2, 0) is 20.9 Å². The van der Waals surface area contributed by atoms with E-state index in [1.165, 1.54) is 10.6 Å². The predicted octanol–water partition coefficient (Wildman–Crippen LogP) is 2.01. The molecule has 2 heterocycles. The van der Waals surface area contributed by atoms with Gasteiger partial charge < -0.3 is 9.64 Å². The molecule has 0 spiro atoms. The number of hydrogen-bond donors (Lipinski definition) is 0. The van der Waals surface area contributed by atoms with Gasteiger partial charge in [-0.3, -0.25) is 14.2 Å². The van der Waals surface area contributed by atoms with Crippen LogP contribution in [0.5, 0.6) is 0 Å². The van der Waals surface area contributed by atoms with Gasteiger partial charge in [0.05, 0.1) is 17.2 Å². The number of halogens is 2. The molecule has 1 aromatic carbocycles. The monoisotopic (exact) mass is 454 g/mol. The van der Waals surface area contributed by atoms with Gasteiger partial charge in [0.15, 0.2) is 0 Å². The smallest absolute Gasteiger partial charge is 0.333 e. The summed E-state index contributed by atoms with van der Waals surface area (Å²) < 4.78 is 6.93. The van der Waals surface area contributed by atoms with Crippen molar-refractivity contribution in [1.82, 2.24) is 9.47 Å². The van der Waals surface area contributed by atoms with Crippen LogP contribution in [0.3, 0.4) is 0 Å². The van der Waals surface area contributed by atoms with Crippen LogP contribution >= 0.6 is 34.5 Å². The largest absolute Gasteiger partial charge is 0.463 e. The van der Waals surface area contributed by atoms with Crippen LogP contribution in [0.25, 0.3) is 12.2 Å². The molecule has 1 aliphatic rings. The van der Waals surface area contributed by atoms with Crippen molar-refractivity contribution in [1.29, 1.82) is 0 Å². The van der Waals surface area contributed by atoms with Crippen molar-refractivity contribution in [2.24, 2.45) is 0 Å². The van der Waals surface area contributed by atoms with E-state index in [-0.39, 0.29) is 24.6 Å². The summed E-state index contributed by atoms with van der Waals surface area (Å²) in [5.74, 6) is -0.721. The lowest BCUT2D eigenvalue weighted by Gasteiger charge is -2.15. The first kappa shape index (κ1) is 21.6. The van der Waals surface area contributed by atoms with E-state index in [2.05, 4.69) is 0 Å². The van der Waals surface area contributed by atoms with Gasteiger partial charge in [0.25, 0.3) is 5.56 Å². The summed E-state index contributed by atoms with van der Waals surface area (Å²) in [5.41, 5.74) is 0.129. The second-order valence-electron chi connectivity index (χ2n) is 6.46. The van der Waals surface area contributed by atoms with Crippen molar-refractivity contribution < 1.29 is 14.3 Å². The number of benzene rings is 1. The van der Waals surface area contributed by atoms with E-state index in [0.717, 1.165) is 24.2 Å². The van der Waals surface area contributed by atoms with Crippen molar-refractivity contribution in [2.45, 2.75) is 26.3 Å². The van der Waals surface area contributed by atoms with Crippen LogP contribution in [0, 0.1) is 0 Å². The number of carbonyl (C=O) groups is 2. The number of hydrogen-bond acceptors (Lipinski definition) is 5. The van der Waals surface area contributed by atoms with E-state index >= 15 is 0 Å². The Balaban J connectivity index is 2.10. The third kappa shape index (κ3) is 5.10. The maximum Gasteiger partial charge on any atom is 0.333 e. The number of ether oxygens (including phenoxy) is 1. The highest BCUT2D eigenvalue weighted by molar-refractivity contribution is 7.07. The molecule has 1 amide bonds. The van der Waals surface area contributed by atoms with Crippen LogP contribution in [0.15, 0.2) is 23.0 Å². The van der Waals surface area contributed by atoms with E-state index in [1.54, 1.807) is 36.1 Å². The molecule has 0 saturated carbocycles. The SMILES string of the molecule is CCOC(=O)/C=c1/s/c(=C\c2c(Cl)cccc2Cl)c(=O)n1CC(=O)N1CCCC1. The molecule has 0 radical (unpaired) electrons. The van der Waals surface area contributed by atoms with E-state index in [4.69, 9.17) is 27.9 Å². The van der Waals surface area contributed by atoms with Gasteiger partial charge in [0, 0.05) is 28.7 Å². The second kappa shape index (κ2) is 9.61. The minimum Gasteiger partial charge on any atom is -0.463 e. The number of nitrogens with zero attached hydrogens (tertiary/aromatic N) is 2. The number of thiazole rings is 1. The van der Waals surface area contributed by atoms with Crippen molar-refractivity contribution in [3.63, 3.8) is 0 Å². The van der Waals surface area contributed by atoms with Crippen molar-refractivity contribution in [3.8, 4) is 0 Å². The molecule has 0 aliphatic carbocycles. The lowest BCUT2D eigenvalue weighted by molar-refractivity contribution is -0.135. The molecule has 0 bridgehead atoms. The molecule has 2 aromatic rings. The normalized spacial score (nSPS) is 15.2. The molecule has 1 aromatic heterocycles. The quantitative estimate of drug-likeness (QED) is 0.647. The number of esters is 1. The number of amides is 1. The first-order valence-corrected chi connectivity index (χ1v) is 10.8. The van der Waals surface area contributed by atoms with E-state index < -0.39 is 5.97 Å². The summed E-state index contributed by atoms with van der Waals surface area (Å²) in [7, 11) is 0. The Labute approximate surface area is 181 Å². The van der Waals surface area contributed by atoms with Gasteiger partial charge in [-0.2, -0.15) is 0 Å². The Hall–Kier alpha value is -2.09. The third-order valence-electron chi connectivity index (χ3n) is 4.49. The Morgan fingerprint density at radius 3 is 2.48 bits per heavy atom. The van der Waals surface area contributed by atoms with Crippen LogP contribution in [0.4, 0.5) is 0 Å². The molecule has 1 fully saturated rings. The summed E-state index contributed by atoms with van der Waals surface area (Å²) in [5, 5.41) is 0.807. The van der Waals surface area contributed by atoms with Crippen LogP contribution < -0.4 is 14.8 Å². The minimum atomic E-state index is -0.571. The summed E-state index contributed by atoms with van der Waals surface area (Å²) in [6.07, 6.45) is 4.72. The number of rotatable bonds is 5. The Bertz CT molecular complexity index is 1080. The van der Waals surface area contributed by atoms with Gasteiger partial charge in [-0.1, -0.05) is 29.3 Å². The lowest BCUT2D eigenvalue weighted by atomic mass is 10.2. The van der Waals surface area contributed by atoms with Crippen molar-refractivity contribution in [2.75, 3.05) is 19.7 Å².